The van der Waals surface area contributed by atoms with Crippen molar-refractivity contribution in [3.05, 3.63) is 75.5 Å². The molecule has 2 N–H and O–H groups in total. The van der Waals surface area contributed by atoms with E-state index in [1.807, 2.05) is 54.6 Å². The highest BCUT2D eigenvalue weighted by Crippen LogP contribution is 2.12. The van der Waals surface area contributed by atoms with Crippen LogP contribution in [0.3, 0.4) is 0 Å². The van der Waals surface area contributed by atoms with Gasteiger partial charge in [-0.2, -0.15) is 0 Å². The molecule has 5 nitrogen and oxygen atoms in total. The molecule has 0 bridgehead atoms. The van der Waals surface area contributed by atoms with Crippen LogP contribution in [0.1, 0.15) is 5.56 Å². The van der Waals surface area contributed by atoms with Crippen molar-refractivity contribution < 1.29 is 0 Å². The van der Waals surface area contributed by atoms with Gasteiger partial charge in [0.1, 0.15) is 0 Å². The Kier molecular flexibility index (Phi) is 4.16. The Balaban J connectivity index is 1.75. The van der Waals surface area contributed by atoms with Crippen LogP contribution in [-0.4, -0.2) is 15.2 Å². The SMILES string of the molecule is O=c1[nH]c(NCc2ccc(Cl)cc2)nnc1-c1ccccc1. The third kappa shape index (κ3) is 3.32. The largest absolute Gasteiger partial charge is 0.350 e. The number of hydrogen-bond acceptors (Lipinski definition) is 4. The van der Waals surface area contributed by atoms with E-state index in [1.54, 1.807) is 0 Å². The van der Waals surface area contributed by atoms with Gasteiger partial charge < -0.3 is 5.32 Å². The van der Waals surface area contributed by atoms with Crippen LogP contribution >= 0.6 is 11.6 Å². The van der Waals surface area contributed by atoms with Crippen LogP contribution in [0.2, 0.25) is 5.02 Å². The van der Waals surface area contributed by atoms with Crippen molar-refractivity contribution in [2.24, 2.45) is 0 Å². The number of benzene rings is 2. The zero-order valence-electron chi connectivity index (χ0n) is 11.6. The average Bonchev–Trinajstić information content (AvgIpc) is 2.55. The second-order valence-corrected chi connectivity index (χ2v) is 5.13. The second-order valence-electron chi connectivity index (χ2n) is 4.70. The first-order valence-electron chi connectivity index (χ1n) is 6.73. The number of hydrogen-bond donors (Lipinski definition) is 2. The lowest BCUT2D eigenvalue weighted by Crippen LogP contribution is -2.16. The minimum atomic E-state index is -0.278. The Labute approximate surface area is 132 Å². The first-order valence-corrected chi connectivity index (χ1v) is 7.11. The number of halogens is 1. The Morgan fingerprint density at radius 3 is 2.41 bits per heavy atom. The van der Waals surface area contributed by atoms with Crippen LogP contribution < -0.4 is 10.9 Å². The minimum absolute atomic E-state index is 0.278. The fraction of sp³-hybridized carbons (Fsp3) is 0.0625. The quantitative estimate of drug-likeness (QED) is 0.776. The lowest BCUT2D eigenvalue weighted by molar-refractivity contribution is 0.931. The molecule has 0 amide bonds. The van der Waals surface area contributed by atoms with Crippen molar-refractivity contribution in [3.63, 3.8) is 0 Å². The molecule has 0 unspecified atom stereocenters. The van der Waals surface area contributed by atoms with Crippen molar-refractivity contribution >= 4 is 17.5 Å². The maximum absolute atomic E-state index is 12.1. The van der Waals surface area contributed by atoms with Crippen LogP contribution in [0, 0.1) is 0 Å². The molecule has 110 valence electrons. The highest BCUT2D eigenvalue weighted by atomic mass is 35.5. The summed E-state index contributed by atoms with van der Waals surface area (Å²) in [7, 11) is 0. The Hall–Kier alpha value is -2.66. The molecule has 3 rings (SSSR count). The molecule has 0 radical (unpaired) electrons. The predicted molar refractivity (Wildman–Crippen MR) is 86.9 cm³/mol. The van der Waals surface area contributed by atoms with Gasteiger partial charge in [-0.05, 0) is 17.7 Å². The number of rotatable bonds is 4. The van der Waals surface area contributed by atoms with Crippen molar-refractivity contribution in [1.29, 1.82) is 0 Å². The summed E-state index contributed by atoms with van der Waals surface area (Å²) >= 11 is 5.84. The molecule has 6 heteroatoms. The number of nitrogens with zero attached hydrogens (tertiary/aromatic N) is 2. The highest BCUT2D eigenvalue weighted by molar-refractivity contribution is 6.30. The van der Waals surface area contributed by atoms with E-state index in [2.05, 4.69) is 20.5 Å². The van der Waals surface area contributed by atoms with Gasteiger partial charge in [-0.25, -0.2) is 0 Å². The van der Waals surface area contributed by atoms with Crippen molar-refractivity contribution in [2.45, 2.75) is 6.54 Å². The molecule has 0 aliphatic heterocycles. The molecule has 0 aliphatic rings. The summed E-state index contributed by atoms with van der Waals surface area (Å²) in [6, 6.07) is 16.6. The van der Waals surface area contributed by atoms with Gasteiger partial charge in [-0.15, -0.1) is 10.2 Å². The third-order valence-corrected chi connectivity index (χ3v) is 3.37. The maximum Gasteiger partial charge on any atom is 0.279 e. The van der Waals surface area contributed by atoms with E-state index in [1.165, 1.54) is 0 Å². The van der Waals surface area contributed by atoms with Gasteiger partial charge in [-0.1, -0.05) is 54.1 Å². The van der Waals surface area contributed by atoms with Crippen molar-refractivity contribution in [3.8, 4) is 11.3 Å². The van der Waals surface area contributed by atoms with Gasteiger partial charge in [0.2, 0.25) is 5.95 Å². The Bertz CT molecular complexity index is 816. The fourth-order valence-electron chi connectivity index (χ4n) is 1.99. The molecule has 0 aliphatic carbocycles. The number of H-pyrrole nitrogens is 1. The fourth-order valence-corrected chi connectivity index (χ4v) is 2.12. The summed E-state index contributed by atoms with van der Waals surface area (Å²) in [5.74, 6) is 0.333. The van der Waals surface area contributed by atoms with E-state index >= 15 is 0 Å². The zero-order chi connectivity index (χ0) is 15.4. The van der Waals surface area contributed by atoms with E-state index in [9.17, 15) is 4.79 Å². The third-order valence-electron chi connectivity index (χ3n) is 3.12. The molecule has 1 heterocycles. The van der Waals surface area contributed by atoms with E-state index in [-0.39, 0.29) is 5.56 Å². The van der Waals surface area contributed by atoms with Gasteiger partial charge in [-0.3, -0.25) is 9.78 Å². The summed E-state index contributed by atoms with van der Waals surface area (Å²) in [6.45, 7) is 0.520. The van der Waals surface area contributed by atoms with Gasteiger partial charge in [0, 0.05) is 17.1 Å². The maximum atomic E-state index is 12.1. The van der Waals surface area contributed by atoms with Crippen LogP contribution in [0.4, 0.5) is 5.95 Å². The molecule has 0 saturated heterocycles. The van der Waals surface area contributed by atoms with Crippen molar-refractivity contribution in [2.75, 3.05) is 5.32 Å². The first kappa shape index (κ1) is 14.3. The zero-order valence-corrected chi connectivity index (χ0v) is 12.3. The molecule has 0 fully saturated rings. The average molecular weight is 313 g/mol. The van der Waals surface area contributed by atoms with Gasteiger partial charge in [0.25, 0.3) is 5.56 Å². The van der Waals surface area contributed by atoms with Gasteiger partial charge >= 0.3 is 0 Å². The molecule has 0 saturated carbocycles. The smallest absolute Gasteiger partial charge is 0.279 e. The molecule has 1 aromatic heterocycles. The molecule has 22 heavy (non-hydrogen) atoms. The lowest BCUT2D eigenvalue weighted by atomic mass is 10.2. The molecular weight excluding hydrogens is 300 g/mol. The van der Waals surface area contributed by atoms with Crippen molar-refractivity contribution in [1.82, 2.24) is 15.2 Å². The Morgan fingerprint density at radius 1 is 1.00 bits per heavy atom. The predicted octanol–water partition coefficient (Wildman–Crippen LogP) is 3.10. The van der Waals surface area contributed by atoms with E-state index in [0.717, 1.165) is 11.1 Å². The highest BCUT2D eigenvalue weighted by Gasteiger charge is 2.06. The number of anilines is 1. The second kappa shape index (κ2) is 6.41. The topological polar surface area (TPSA) is 70.7 Å². The van der Waals surface area contributed by atoms with Gasteiger partial charge in [0.15, 0.2) is 5.69 Å². The van der Waals surface area contributed by atoms with E-state index in [0.29, 0.717) is 23.2 Å². The monoisotopic (exact) mass is 312 g/mol. The number of aromatic amines is 1. The summed E-state index contributed by atoms with van der Waals surface area (Å²) in [5, 5.41) is 11.7. The van der Waals surface area contributed by atoms with Crippen LogP contribution in [0.5, 0.6) is 0 Å². The molecule has 3 aromatic rings. The van der Waals surface area contributed by atoms with Crippen LogP contribution in [-0.2, 0) is 6.54 Å². The molecular formula is C16H13ClN4O. The van der Waals surface area contributed by atoms with E-state index in [4.69, 9.17) is 11.6 Å². The summed E-state index contributed by atoms with van der Waals surface area (Å²) in [5.41, 5.74) is 1.79. The molecule has 0 atom stereocenters. The summed E-state index contributed by atoms with van der Waals surface area (Å²) in [6.07, 6.45) is 0. The number of nitrogens with one attached hydrogen (secondary N) is 2. The van der Waals surface area contributed by atoms with Crippen LogP contribution in [0.15, 0.2) is 59.4 Å². The summed E-state index contributed by atoms with van der Waals surface area (Å²) in [4.78, 5) is 14.8. The van der Waals surface area contributed by atoms with E-state index < -0.39 is 0 Å². The normalized spacial score (nSPS) is 10.4. The lowest BCUT2D eigenvalue weighted by Gasteiger charge is -2.05. The van der Waals surface area contributed by atoms with Gasteiger partial charge in [0.05, 0.1) is 0 Å². The first-order chi connectivity index (χ1) is 10.7. The minimum Gasteiger partial charge on any atom is -0.350 e. The summed E-state index contributed by atoms with van der Waals surface area (Å²) < 4.78 is 0. The standard InChI is InChI=1S/C16H13ClN4O/c17-13-8-6-11(7-9-13)10-18-16-19-15(22)14(20-21-16)12-4-2-1-3-5-12/h1-9H,10H2,(H2,18,19,21,22). The molecule has 2 aromatic carbocycles. The Morgan fingerprint density at radius 2 is 1.73 bits per heavy atom. The van der Waals surface area contributed by atoms with Crippen LogP contribution in [0.25, 0.3) is 11.3 Å². The number of aromatic nitrogens is 3. The molecule has 0 spiro atoms.